The molecule has 2 heterocycles. The standard InChI is InChI=1S/C16H23NO2S/c18-16(7-10-20-11-8-16)12-17-14-5-3-9-19-15-6-2-1-4-13(14)15/h1-2,4,6,14,17-18H,3,5,7-12H2. The molecular formula is C16H23NO2S. The lowest BCUT2D eigenvalue weighted by atomic mass is 9.95. The minimum Gasteiger partial charge on any atom is -0.493 e. The summed E-state index contributed by atoms with van der Waals surface area (Å²) in [5, 5.41) is 14.2. The fourth-order valence-corrected chi connectivity index (χ4v) is 4.23. The van der Waals surface area contributed by atoms with E-state index in [-0.39, 0.29) is 0 Å². The molecule has 3 nitrogen and oxygen atoms in total. The van der Waals surface area contributed by atoms with Crippen molar-refractivity contribution < 1.29 is 9.84 Å². The Morgan fingerprint density at radius 2 is 2.10 bits per heavy atom. The second-order valence-corrected chi connectivity index (χ2v) is 7.02. The summed E-state index contributed by atoms with van der Waals surface area (Å²) in [7, 11) is 0. The third-order valence-electron chi connectivity index (χ3n) is 4.29. The van der Waals surface area contributed by atoms with Gasteiger partial charge in [0.15, 0.2) is 0 Å². The van der Waals surface area contributed by atoms with Crippen LogP contribution in [0.25, 0.3) is 0 Å². The zero-order valence-corrected chi connectivity index (χ0v) is 12.6. The minimum absolute atomic E-state index is 0.298. The summed E-state index contributed by atoms with van der Waals surface area (Å²) in [6.45, 7) is 1.47. The van der Waals surface area contributed by atoms with Crippen LogP contribution in [0.15, 0.2) is 24.3 Å². The fourth-order valence-electron chi connectivity index (χ4n) is 2.98. The third-order valence-corrected chi connectivity index (χ3v) is 5.28. The normalized spacial score (nSPS) is 25.4. The molecule has 0 saturated carbocycles. The van der Waals surface area contributed by atoms with Crippen molar-refractivity contribution in [2.75, 3.05) is 24.7 Å². The van der Waals surface area contributed by atoms with Gasteiger partial charge in [-0.3, -0.25) is 0 Å². The number of hydrogen-bond acceptors (Lipinski definition) is 4. The Labute approximate surface area is 125 Å². The SMILES string of the molecule is OC1(CNC2CCCOc3ccccc32)CCSCC1. The second-order valence-electron chi connectivity index (χ2n) is 5.80. The largest absolute Gasteiger partial charge is 0.493 e. The number of aliphatic hydroxyl groups is 1. The van der Waals surface area contributed by atoms with Gasteiger partial charge in [0.2, 0.25) is 0 Å². The molecule has 2 aliphatic rings. The van der Waals surface area contributed by atoms with Gasteiger partial charge in [0.05, 0.1) is 12.2 Å². The van der Waals surface area contributed by atoms with E-state index in [1.54, 1.807) is 0 Å². The van der Waals surface area contributed by atoms with Crippen molar-refractivity contribution in [3.8, 4) is 5.75 Å². The van der Waals surface area contributed by atoms with Crippen LogP contribution < -0.4 is 10.1 Å². The van der Waals surface area contributed by atoms with Crippen LogP contribution in [0.5, 0.6) is 5.75 Å². The third kappa shape index (κ3) is 3.30. The number of benzene rings is 1. The number of fused-ring (bicyclic) bond motifs is 1. The number of rotatable bonds is 3. The number of thioether (sulfide) groups is 1. The summed E-state index contributed by atoms with van der Waals surface area (Å²) in [6, 6.07) is 8.56. The van der Waals surface area contributed by atoms with E-state index >= 15 is 0 Å². The molecule has 110 valence electrons. The van der Waals surface area contributed by atoms with Gasteiger partial charge >= 0.3 is 0 Å². The fraction of sp³-hybridized carbons (Fsp3) is 0.625. The molecule has 0 spiro atoms. The predicted molar refractivity (Wildman–Crippen MR) is 83.4 cm³/mol. The molecule has 1 aromatic rings. The summed E-state index contributed by atoms with van der Waals surface area (Å²) in [5.41, 5.74) is 0.715. The molecular weight excluding hydrogens is 270 g/mol. The maximum Gasteiger partial charge on any atom is 0.124 e. The Bertz CT molecular complexity index is 446. The first kappa shape index (κ1) is 14.2. The van der Waals surface area contributed by atoms with E-state index < -0.39 is 5.60 Å². The number of ether oxygens (including phenoxy) is 1. The molecule has 2 aliphatic heterocycles. The van der Waals surface area contributed by atoms with Crippen LogP contribution in [-0.2, 0) is 0 Å². The van der Waals surface area contributed by atoms with Crippen LogP contribution >= 0.6 is 11.8 Å². The van der Waals surface area contributed by atoms with Gasteiger partial charge in [-0.15, -0.1) is 0 Å². The Hall–Kier alpha value is -0.710. The van der Waals surface area contributed by atoms with Gasteiger partial charge in [-0.2, -0.15) is 11.8 Å². The lowest BCUT2D eigenvalue weighted by molar-refractivity contribution is 0.0293. The number of nitrogens with one attached hydrogen (secondary N) is 1. The molecule has 1 atom stereocenters. The van der Waals surface area contributed by atoms with Gasteiger partial charge in [-0.1, -0.05) is 18.2 Å². The van der Waals surface area contributed by atoms with Crippen LogP contribution in [-0.4, -0.2) is 35.4 Å². The molecule has 1 aromatic carbocycles. The molecule has 0 aliphatic carbocycles. The zero-order valence-electron chi connectivity index (χ0n) is 11.8. The lowest BCUT2D eigenvalue weighted by Crippen LogP contribution is -2.44. The van der Waals surface area contributed by atoms with Gasteiger partial charge in [0.25, 0.3) is 0 Å². The van der Waals surface area contributed by atoms with Crippen molar-refractivity contribution in [3.05, 3.63) is 29.8 Å². The zero-order chi connectivity index (χ0) is 13.8. The van der Waals surface area contributed by atoms with Gasteiger partial charge in [-0.05, 0) is 43.3 Å². The molecule has 0 amide bonds. The summed E-state index contributed by atoms with van der Waals surface area (Å²) < 4.78 is 5.79. The van der Waals surface area contributed by atoms with Gasteiger partial charge in [0.1, 0.15) is 5.75 Å². The Morgan fingerprint density at radius 1 is 1.30 bits per heavy atom. The van der Waals surface area contributed by atoms with E-state index in [0.717, 1.165) is 49.5 Å². The van der Waals surface area contributed by atoms with E-state index in [1.807, 2.05) is 23.9 Å². The highest BCUT2D eigenvalue weighted by Gasteiger charge is 2.30. The van der Waals surface area contributed by atoms with E-state index in [1.165, 1.54) is 5.56 Å². The quantitative estimate of drug-likeness (QED) is 0.899. The highest BCUT2D eigenvalue weighted by molar-refractivity contribution is 7.99. The topological polar surface area (TPSA) is 41.5 Å². The Morgan fingerprint density at radius 3 is 2.95 bits per heavy atom. The first-order valence-corrected chi connectivity index (χ1v) is 8.68. The highest BCUT2D eigenvalue weighted by atomic mass is 32.2. The number of hydrogen-bond donors (Lipinski definition) is 2. The van der Waals surface area contributed by atoms with Crippen molar-refractivity contribution in [1.29, 1.82) is 0 Å². The summed E-state index contributed by atoms with van der Waals surface area (Å²) >= 11 is 1.94. The monoisotopic (exact) mass is 293 g/mol. The van der Waals surface area contributed by atoms with Crippen molar-refractivity contribution >= 4 is 11.8 Å². The number of para-hydroxylation sites is 1. The summed E-state index contributed by atoms with van der Waals surface area (Å²) in [6.07, 6.45) is 3.92. The van der Waals surface area contributed by atoms with Crippen molar-refractivity contribution in [3.63, 3.8) is 0 Å². The maximum absolute atomic E-state index is 10.6. The minimum atomic E-state index is -0.520. The molecule has 2 N–H and O–H groups in total. The Kier molecular flexibility index (Phi) is 4.54. The van der Waals surface area contributed by atoms with Crippen LogP contribution in [0.1, 0.15) is 37.3 Å². The molecule has 0 bridgehead atoms. The molecule has 4 heteroatoms. The van der Waals surface area contributed by atoms with Gasteiger partial charge < -0.3 is 15.2 Å². The first-order valence-electron chi connectivity index (χ1n) is 7.52. The van der Waals surface area contributed by atoms with E-state index in [2.05, 4.69) is 17.4 Å². The average molecular weight is 293 g/mol. The second kappa shape index (κ2) is 6.37. The maximum atomic E-state index is 10.6. The summed E-state index contributed by atoms with van der Waals surface area (Å²) in [5.74, 6) is 3.14. The average Bonchev–Trinajstić information content (AvgIpc) is 2.68. The van der Waals surface area contributed by atoms with Crippen LogP contribution in [0.2, 0.25) is 0 Å². The van der Waals surface area contributed by atoms with E-state index in [9.17, 15) is 5.11 Å². The van der Waals surface area contributed by atoms with Crippen molar-refractivity contribution in [2.24, 2.45) is 0 Å². The molecule has 1 fully saturated rings. The molecule has 0 radical (unpaired) electrons. The van der Waals surface area contributed by atoms with Crippen LogP contribution in [0.3, 0.4) is 0 Å². The van der Waals surface area contributed by atoms with E-state index in [0.29, 0.717) is 12.6 Å². The molecule has 1 saturated heterocycles. The molecule has 1 unspecified atom stereocenters. The molecule has 0 aromatic heterocycles. The van der Waals surface area contributed by atoms with Crippen molar-refractivity contribution in [1.82, 2.24) is 5.32 Å². The molecule has 3 rings (SSSR count). The van der Waals surface area contributed by atoms with Crippen LogP contribution in [0, 0.1) is 0 Å². The summed E-state index contributed by atoms with van der Waals surface area (Å²) in [4.78, 5) is 0. The first-order chi connectivity index (χ1) is 9.77. The smallest absolute Gasteiger partial charge is 0.124 e. The highest BCUT2D eigenvalue weighted by Crippen LogP contribution is 2.32. The van der Waals surface area contributed by atoms with Crippen LogP contribution in [0.4, 0.5) is 0 Å². The predicted octanol–water partition coefficient (Wildman–Crippen LogP) is 2.75. The molecule has 20 heavy (non-hydrogen) atoms. The van der Waals surface area contributed by atoms with Gasteiger partial charge in [0, 0.05) is 18.2 Å². The van der Waals surface area contributed by atoms with Crippen molar-refractivity contribution in [2.45, 2.75) is 37.3 Å². The van der Waals surface area contributed by atoms with E-state index in [4.69, 9.17) is 4.74 Å². The Balaban J connectivity index is 1.67. The lowest BCUT2D eigenvalue weighted by Gasteiger charge is -2.33. The van der Waals surface area contributed by atoms with Gasteiger partial charge in [-0.25, -0.2) is 0 Å².